The van der Waals surface area contributed by atoms with Gasteiger partial charge in [-0.05, 0) is 54.1 Å². The zero-order chi connectivity index (χ0) is 22.0. The summed E-state index contributed by atoms with van der Waals surface area (Å²) in [5.41, 5.74) is 2.90. The molecule has 1 heterocycles. The van der Waals surface area contributed by atoms with E-state index in [1.54, 1.807) is 43.4 Å². The minimum Gasteiger partial charge on any atom is -0.337 e. The van der Waals surface area contributed by atoms with Crippen LogP contribution in [0.25, 0.3) is 11.3 Å². The Kier molecular flexibility index (Phi) is 5.82. The smallest absolute Gasteiger partial charge is 0.276 e. The fraction of sp³-hybridized carbons (Fsp3) is 0.0833. The molecule has 0 unspecified atom stereocenters. The summed E-state index contributed by atoms with van der Waals surface area (Å²) < 4.78 is 26.5. The van der Waals surface area contributed by atoms with Crippen molar-refractivity contribution in [3.05, 3.63) is 107 Å². The van der Waals surface area contributed by atoms with Gasteiger partial charge in [0.2, 0.25) is 0 Å². The Labute approximate surface area is 183 Å². The number of amides is 1. The van der Waals surface area contributed by atoms with Crippen LogP contribution in [0.5, 0.6) is 0 Å². The highest BCUT2D eigenvalue weighted by atomic mass is 35.5. The van der Waals surface area contributed by atoms with Crippen LogP contribution in [0.3, 0.4) is 0 Å². The Balaban J connectivity index is 1.72. The third-order valence-corrected chi connectivity index (χ3v) is 5.14. The number of imidazole rings is 1. The number of benzene rings is 3. The molecule has 31 heavy (non-hydrogen) atoms. The largest absolute Gasteiger partial charge is 0.337 e. The van der Waals surface area contributed by atoms with Crippen LogP contribution in [0.4, 0.5) is 14.5 Å². The molecule has 0 atom stereocenters. The zero-order valence-electron chi connectivity index (χ0n) is 16.6. The molecule has 7 heteroatoms. The maximum absolute atomic E-state index is 13.3. The lowest BCUT2D eigenvalue weighted by Crippen LogP contribution is -2.27. The van der Waals surface area contributed by atoms with Crippen molar-refractivity contribution in [3.8, 4) is 11.3 Å². The molecule has 0 spiro atoms. The van der Waals surface area contributed by atoms with Gasteiger partial charge in [0.15, 0.2) is 0 Å². The first kappa shape index (κ1) is 20.8. The van der Waals surface area contributed by atoms with Crippen LogP contribution in [0.1, 0.15) is 21.9 Å². The van der Waals surface area contributed by atoms with Crippen LogP contribution in [-0.2, 0) is 6.42 Å². The average molecular weight is 438 g/mol. The van der Waals surface area contributed by atoms with Crippen LogP contribution in [0, 0.1) is 11.6 Å². The van der Waals surface area contributed by atoms with Crippen molar-refractivity contribution in [1.29, 1.82) is 0 Å². The average Bonchev–Trinajstić information content (AvgIpc) is 3.19. The molecule has 156 valence electrons. The fourth-order valence-corrected chi connectivity index (χ4v) is 3.35. The van der Waals surface area contributed by atoms with Gasteiger partial charge in [-0.25, -0.2) is 13.8 Å². The van der Waals surface area contributed by atoms with E-state index in [9.17, 15) is 13.6 Å². The van der Waals surface area contributed by atoms with Crippen molar-refractivity contribution in [3.63, 3.8) is 0 Å². The van der Waals surface area contributed by atoms with Crippen molar-refractivity contribution in [2.75, 3.05) is 11.9 Å². The lowest BCUT2D eigenvalue weighted by atomic mass is 10.1. The van der Waals surface area contributed by atoms with Crippen molar-refractivity contribution < 1.29 is 13.6 Å². The third-order valence-electron chi connectivity index (χ3n) is 4.89. The van der Waals surface area contributed by atoms with Gasteiger partial charge in [-0.15, -0.1) is 0 Å². The van der Waals surface area contributed by atoms with Crippen molar-refractivity contribution in [1.82, 2.24) is 9.97 Å². The molecule has 0 bridgehead atoms. The number of hydrogen-bond acceptors (Lipinski definition) is 2. The van der Waals surface area contributed by atoms with E-state index in [0.29, 0.717) is 34.3 Å². The highest BCUT2D eigenvalue weighted by molar-refractivity contribution is 6.30. The molecule has 1 amide bonds. The van der Waals surface area contributed by atoms with E-state index in [1.165, 1.54) is 41.3 Å². The fourth-order valence-electron chi connectivity index (χ4n) is 3.22. The van der Waals surface area contributed by atoms with E-state index in [1.807, 2.05) is 0 Å². The summed E-state index contributed by atoms with van der Waals surface area (Å²) in [6.45, 7) is 0. The number of carbonyl (C=O) groups is 1. The van der Waals surface area contributed by atoms with E-state index >= 15 is 0 Å². The van der Waals surface area contributed by atoms with E-state index in [0.717, 1.165) is 11.1 Å². The second-order valence-electron chi connectivity index (χ2n) is 7.06. The van der Waals surface area contributed by atoms with Gasteiger partial charge in [0.1, 0.15) is 28.8 Å². The van der Waals surface area contributed by atoms with Gasteiger partial charge in [0, 0.05) is 29.7 Å². The maximum atomic E-state index is 13.3. The van der Waals surface area contributed by atoms with Crippen LogP contribution in [0.2, 0.25) is 5.02 Å². The first-order chi connectivity index (χ1) is 14.9. The van der Waals surface area contributed by atoms with Gasteiger partial charge in [0.05, 0.1) is 0 Å². The SMILES string of the molecule is CN(C(=O)c1[nH]c(Cc2ccc(F)cc2)nc1-c1ccc(Cl)cc1)c1ccc(F)cc1. The normalized spacial score (nSPS) is 10.8. The van der Waals surface area contributed by atoms with Gasteiger partial charge in [-0.2, -0.15) is 0 Å². The first-order valence-corrected chi connectivity index (χ1v) is 9.91. The number of halogens is 3. The molecule has 0 saturated carbocycles. The zero-order valence-corrected chi connectivity index (χ0v) is 17.3. The Morgan fingerprint density at radius 2 is 1.52 bits per heavy atom. The van der Waals surface area contributed by atoms with Crippen LogP contribution in [0.15, 0.2) is 72.8 Å². The summed E-state index contributed by atoms with van der Waals surface area (Å²) in [4.78, 5) is 22.5. The second-order valence-corrected chi connectivity index (χ2v) is 7.49. The van der Waals surface area contributed by atoms with Crippen molar-refractivity contribution >= 4 is 23.2 Å². The highest BCUT2D eigenvalue weighted by Crippen LogP contribution is 2.27. The maximum Gasteiger partial charge on any atom is 0.276 e. The van der Waals surface area contributed by atoms with Crippen LogP contribution >= 0.6 is 11.6 Å². The van der Waals surface area contributed by atoms with E-state index in [-0.39, 0.29) is 17.5 Å². The summed E-state index contributed by atoms with van der Waals surface area (Å²) >= 11 is 6.01. The van der Waals surface area contributed by atoms with Gasteiger partial charge in [-0.1, -0.05) is 35.9 Å². The molecule has 1 N–H and O–H groups in total. The van der Waals surface area contributed by atoms with E-state index < -0.39 is 0 Å². The number of hydrogen-bond donors (Lipinski definition) is 1. The van der Waals surface area contributed by atoms with Crippen molar-refractivity contribution in [2.45, 2.75) is 6.42 Å². The molecule has 0 saturated heterocycles. The molecule has 3 aromatic carbocycles. The van der Waals surface area contributed by atoms with E-state index in [4.69, 9.17) is 11.6 Å². The number of carbonyl (C=O) groups excluding carboxylic acids is 1. The molecular formula is C24H18ClF2N3O. The number of aromatic nitrogens is 2. The van der Waals surface area contributed by atoms with E-state index in [2.05, 4.69) is 9.97 Å². The number of rotatable bonds is 5. The number of anilines is 1. The molecule has 4 rings (SSSR count). The number of H-pyrrole nitrogens is 1. The number of nitrogens with zero attached hydrogens (tertiary/aromatic N) is 2. The molecule has 0 aliphatic heterocycles. The number of nitrogens with one attached hydrogen (secondary N) is 1. The summed E-state index contributed by atoms with van der Waals surface area (Å²) in [5, 5.41) is 0.571. The standard InChI is InChI=1S/C24H18ClF2N3O/c1-30(20-12-10-19(27)11-13-20)24(31)23-22(16-4-6-17(25)7-5-16)28-21(29-23)14-15-2-8-18(26)9-3-15/h2-13H,14H2,1H3,(H,28,29). The Morgan fingerprint density at radius 1 is 0.935 bits per heavy atom. The molecular weight excluding hydrogens is 420 g/mol. The Hall–Kier alpha value is -3.51. The van der Waals surface area contributed by atoms with Crippen molar-refractivity contribution in [2.24, 2.45) is 0 Å². The van der Waals surface area contributed by atoms with Gasteiger partial charge in [0.25, 0.3) is 5.91 Å². The lowest BCUT2D eigenvalue weighted by molar-refractivity contribution is 0.0989. The van der Waals surface area contributed by atoms with Gasteiger partial charge in [-0.3, -0.25) is 4.79 Å². The summed E-state index contributed by atoms with van der Waals surface area (Å²) in [7, 11) is 1.61. The molecule has 0 fully saturated rings. The predicted molar refractivity (Wildman–Crippen MR) is 117 cm³/mol. The lowest BCUT2D eigenvalue weighted by Gasteiger charge is -2.17. The molecule has 0 aliphatic carbocycles. The minimum absolute atomic E-state index is 0.297. The topological polar surface area (TPSA) is 49.0 Å². The van der Waals surface area contributed by atoms with Gasteiger partial charge < -0.3 is 9.88 Å². The second kappa shape index (κ2) is 8.70. The minimum atomic E-state index is -0.380. The Morgan fingerprint density at radius 3 is 2.13 bits per heavy atom. The van der Waals surface area contributed by atoms with Crippen LogP contribution in [-0.4, -0.2) is 22.9 Å². The summed E-state index contributed by atoms with van der Waals surface area (Å²) in [6.07, 6.45) is 0.397. The number of aromatic amines is 1. The highest BCUT2D eigenvalue weighted by Gasteiger charge is 2.23. The molecule has 1 aromatic heterocycles. The molecule has 4 aromatic rings. The molecule has 0 aliphatic rings. The summed E-state index contributed by atoms with van der Waals surface area (Å²) in [5.74, 6) is -0.460. The van der Waals surface area contributed by atoms with Crippen LogP contribution < -0.4 is 4.90 Å². The molecule has 0 radical (unpaired) electrons. The predicted octanol–water partition coefficient (Wildman–Crippen LogP) is 5.88. The van der Waals surface area contributed by atoms with Gasteiger partial charge >= 0.3 is 0 Å². The third kappa shape index (κ3) is 4.64. The monoisotopic (exact) mass is 437 g/mol. The summed E-state index contributed by atoms with van der Waals surface area (Å²) in [6, 6.07) is 18.8. The quantitative estimate of drug-likeness (QED) is 0.424. The molecule has 4 nitrogen and oxygen atoms in total. The Bertz CT molecular complexity index is 1200. The first-order valence-electron chi connectivity index (χ1n) is 9.53.